The number of rotatable bonds is 8. The van der Waals surface area contributed by atoms with Crippen LogP contribution in [0.4, 0.5) is 5.69 Å². The summed E-state index contributed by atoms with van der Waals surface area (Å²) in [7, 11) is 0. The molecule has 1 N–H and O–H groups in total. The molecule has 3 aromatic rings. The van der Waals surface area contributed by atoms with Gasteiger partial charge in [0.15, 0.2) is 5.76 Å². The number of carbonyl (C=O) groups is 1. The topological polar surface area (TPSA) is 48.7 Å². The van der Waals surface area contributed by atoms with Crippen LogP contribution in [0.5, 0.6) is 0 Å². The van der Waals surface area contributed by atoms with Gasteiger partial charge in [-0.1, -0.05) is 23.8 Å². The summed E-state index contributed by atoms with van der Waals surface area (Å²) in [6.07, 6.45) is 3.58. The Morgan fingerprint density at radius 2 is 1.70 bits per heavy atom. The number of furan rings is 1. The van der Waals surface area contributed by atoms with E-state index in [-0.39, 0.29) is 5.91 Å². The van der Waals surface area contributed by atoms with E-state index in [1.807, 2.05) is 48.6 Å². The zero-order valence-electron chi connectivity index (χ0n) is 17.5. The van der Waals surface area contributed by atoms with Gasteiger partial charge in [0, 0.05) is 55.4 Å². The molecule has 5 nitrogen and oxygen atoms in total. The van der Waals surface area contributed by atoms with Crippen molar-refractivity contribution in [3.05, 3.63) is 75.9 Å². The van der Waals surface area contributed by atoms with Gasteiger partial charge in [0.2, 0.25) is 0 Å². The number of amides is 1. The highest BCUT2D eigenvalue weighted by molar-refractivity contribution is 7.09. The van der Waals surface area contributed by atoms with Crippen molar-refractivity contribution in [1.29, 1.82) is 0 Å². The summed E-state index contributed by atoms with van der Waals surface area (Å²) in [4.78, 5) is 19.1. The van der Waals surface area contributed by atoms with E-state index in [2.05, 4.69) is 32.6 Å². The molecule has 30 heavy (non-hydrogen) atoms. The Hall–Kier alpha value is -2.41. The third kappa shape index (κ3) is 5.59. The van der Waals surface area contributed by atoms with E-state index in [0.29, 0.717) is 5.76 Å². The predicted octanol–water partition coefficient (Wildman–Crippen LogP) is 4.30. The molecule has 0 saturated carbocycles. The maximum absolute atomic E-state index is 12.6. The zero-order valence-corrected chi connectivity index (χ0v) is 18.3. The van der Waals surface area contributed by atoms with Gasteiger partial charge in [-0.25, -0.2) is 0 Å². The van der Waals surface area contributed by atoms with Gasteiger partial charge >= 0.3 is 0 Å². The number of nitrogens with one attached hydrogen (secondary N) is 1. The van der Waals surface area contributed by atoms with Gasteiger partial charge in [-0.15, -0.1) is 11.3 Å². The Morgan fingerprint density at radius 3 is 2.37 bits per heavy atom. The number of piperazine rings is 1. The first kappa shape index (κ1) is 20.8. The smallest absolute Gasteiger partial charge is 0.291 e. The highest BCUT2D eigenvalue weighted by atomic mass is 32.1. The maximum Gasteiger partial charge on any atom is 0.291 e. The molecule has 0 atom stereocenters. The number of hydrogen-bond donors (Lipinski definition) is 1. The average molecular weight is 424 g/mol. The number of aryl methyl sites for hydroxylation is 1. The lowest BCUT2D eigenvalue weighted by Crippen LogP contribution is -2.47. The molecule has 1 fully saturated rings. The van der Waals surface area contributed by atoms with Crippen LogP contribution in [0.2, 0.25) is 0 Å². The first-order valence-electron chi connectivity index (χ1n) is 10.6. The fourth-order valence-corrected chi connectivity index (χ4v) is 4.49. The summed E-state index contributed by atoms with van der Waals surface area (Å²) in [5.74, 6) is 0.238. The molecular weight excluding hydrogens is 394 g/mol. The van der Waals surface area contributed by atoms with Crippen molar-refractivity contribution in [2.45, 2.75) is 19.8 Å². The van der Waals surface area contributed by atoms with Gasteiger partial charge in [-0.3, -0.25) is 4.79 Å². The van der Waals surface area contributed by atoms with Crippen molar-refractivity contribution >= 4 is 22.9 Å². The molecule has 3 heterocycles. The van der Waals surface area contributed by atoms with E-state index in [4.69, 9.17) is 4.42 Å². The lowest BCUT2D eigenvalue weighted by Gasteiger charge is -2.34. The van der Waals surface area contributed by atoms with Crippen LogP contribution in [0.15, 0.2) is 58.5 Å². The van der Waals surface area contributed by atoms with Crippen LogP contribution in [-0.4, -0.2) is 55.0 Å². The maximum atomic E-state index is 12.6. The number of hydrogen-bond acceptors (Lipinski definition) is 5. The molecule has 1 saturated heterocycles. The zero-order chi connectivity index (χ0) is 20.8. The summed E-state index contributed by atoms with van der Waals surface area (Å²) < 4.78 is 5.51. The lowest BCUT2D eigenvalue weighted by atomic mass is 10.1. The minimum Gasteiger partial charge on any atom is -0.459 e. The molecule has 0 radical (unpaired) electrons. The van der Waals surface area contributed by atoms with E-state index < -0.39 is 0 Å². The Bertz CT molecular complexity index is 926. The second-order valence-corrected chi connectivity index (χ2v) is 8.89. The molecule has 158 valence electrons. The van der Waals surface area contributed by atoms with Gasteiger partial charge in [-0.05, 0) is 49.4 Å². The SMILES string of the molecule is Cc1ccc(NC(=O)c2occc2CCN2CCN(CCc3cccs3)CC2)cc1. The summed E-state index contributed by atoms with van der Waals surface area (Å²) in [5.41, 5.74) is 2.92. The number of anilines is 1. The van der Waals surface area contributed by atoms with Crippen molar-refractivity contribution in [3.8, 4) is 0 Å². The predicted molar refractivity (Wildman–Crippen MR) is 122 cm³/mol. The summed E-state index contributed by atoms with van der Waals surface area (Å²) in [6, 6.07) is 14.1. The fraction of sp³-hybridized carbons (Fsp3) is 0.375. The molecule has 1 amide bonds. The Morgan fingerprint density at radius 1 is 1.00 bits per heavy atom. The minimum absolute atomic E-state index is 0.183. The van der Waals surface area contributed by atoms with E-state index >= 15 is 0 Å². The number of carbonyl (C=O) groups excluding carboxylic acids is 1. The standard InChI is InChI=1S/C24H29N3O2S/c1-19-4-6-21(7-5-19)25-24(28)23-20(10-17-29-23)8-11-26-13-15-27(16-14-26)12-9-22-3-2-18-30-22/h2-7,10,17-18H,8-9,11-16H2,1H3,(H,25,28). The number of benzene rings is 1. The van der Waals surface area contributed by atoms with Crippen LogP contribution >= 0.6 is 11.3 Å². The number of nitrogens with zero attached hydrogens (tertiary/aromatic N) is 2. The second-order valence-electron chi connectivity index (χ2n) is 7.86. The van der Waals surface area contributed by atoms with E-state index in [0.717, 1.165) is 63.4 Å². The van der Waals surface area contributed by atoms with Crippen molar-refractivity contribution < 1.29 is 9.21 Å². The highest BCUT2D eigenvalue weighted by Gasteiger charge is 2.19. The molecule has 6 heteroatoms. The van der Waals surface area contributed by atoms with Crippen molar-refractivity contribution in [2.75, 3.05) is 44.6 Å². The van der Waals surface area contributed by atoms with Crippen LogP contribution in [0.1, 0.15) is 26.6 Å². The second kappa shape index (κ2) is 10.1. The Balaban J connectivity index is 1.23. The summed E-state index contributed by atoms with van der Waals surface area (Å²) >= 11 is 1.84. The first-order valence-corrected chi connectivity index (χ1v) is 11.5. The third-order valence-corrected chi connectivity index (χ3v) is 6.62. The number of thiophene rings is 1. The molecule has 1 aliphatic heterocycles. The van der Waals surface area contributed by atoms with Crippen LogP contribution in [0, 0.1) is 6.92 Å². The molecular formula is C24H29N3O2S. The van der Waals surface area contributed by atoms with Crippen LogP contribution in [-0.2, 0) is 12.8 Å². The molecule has 1 aliphatic rings. The van der Waals surface area contributed by atoms with Gasteiger partial charge in [0.25, 0.3) is 5.91 Å². The quantitative estimate of drug-likeness (QED) is 0.587. The van der Waals surface area contributed by atoms with Crippen molar-refractivity contribution in [3.63, 3.8) is 0 Å². The van der Waals surface area contributed by atoms with Gasteiger partial charge in [0.05, 0.1) is 6.26 Å². The van der Waals surface area contributed by atoms with E-state index in [9.17, 15) is 4.79 Å². The van der Waals surface area contributed by atoms with Crippen LogP contribution in [0.3, 0.4) is 0 Å². The van der Waals surface area contributed by atoms with Crippen LogP contribution < -0.4 is 5.32 Å². The van der Waals surface area contributed by atoms with Crippen molar-refractivity contribution in [1.82, 2.24) is 9.80 Å². The molecule has 1 aromatic carbocycles. The Kier molecular flexibility index (Phi) is 7.00. The Labute approximate surface area is 182 Å². The summed E-state index contributed by atoms with van der Waals surface area (Å²) in [5, 5.41) is 5.08. The lowest BCUT2D eigenvalue weighted by molar-refractivity contribution is 0.0994. The monoisotopic (exact) mass is 423 g/mol. The molecule has 0 bridgehead atoms. The summed E-state index contributed by atoms with van der Waals surface area (Å²) in [6.45, 7) is 8.48. The van der Waals surface area contributed by atoms with Crippen molar-refractivity contribution in [2.24, 2.45) is 0 Å². The molecule has 0 aliphatic carbocycles. The molecule has 0 unspecified atom stereocenters. The average Bonchev–Trinajstić information content (AvgIpc) is 3.45. The molecule has 0 spiro atoms. The van der Waals surface area contributed by atoms with Crippen LogP contribution in [0.25, 0.3) is 0 Å². The largest absolute Gasteiger partial charge is 0.459 e. The minimum atomic E-state index is -0.183. The van der Waals surface area contributed by atoms with E-state index in [1.54, 1.807) is 6.26 Å². The fourth-order valence-electron chi connectivity index (χ4n) is 3.79. The van der Waals surface area contributed by atoms with Gasteiger partial charge in [-0.2, -0.15) is 0 Å². The normalized spacial score (nSPS) is 15.4. The van der Waals surface area contributed by atoms with E-state index in [1.165, 1.54) is 10.4 Å². The molecule has 4 rings (SSSR count). The third-order valence-electron chi connectivity index (χ3n) is 5.68. The van der Waals surface area contributed by atoms with Gasteiger partial charge in [0.1, 0.15) is 0 Å². The first-order chi connectivity index (χ1) is 14.7. The molecule has 2 aromatic heterocycles. The van der Waals surface area contributed by atoms with Gasteiger partial charge < -0.3 is 19.5 Å². The highest BCUT2D eigenvalue weighted by Crippen LogP contribution is 2.17.